The molecule has 15 heteroatoms. The Labute approximate surface area is 283 Å². The van der Waals surface area contributed by atoms with Crippen molar-refractivity contribution < 1.29 is 27.4 Å². The standard InChI is InChI=1S/C33H33ClF3N7O3S/c1-40-6-8-44-21-14-45-12-16(21)13-46-28-24-27(41-32(42-31(24)44)47-15-33-5-2-7-43(33)11-17(35)9-33)26(37)23(25(28)34)18-3-4-20(36)29-22(18)19(10-38)30(39)48-29/h3-4,16-17,21,40H,2,5-9,11-15,39H2,1H3/t16?,17-,21?,33+/m1/s1. The lowest BCUT2D eigenvalue weighted by molar-refractivity contribution is 0.107. The molecule has 2 aromatic heterocycles. The van der Waals surface area contributed by atoms with Gasteiger partial charge in [-0.25, -0.2) is 13.2 Å². The molecule has 0 aliphatic carbocycles. The second-order valence-corrected chi connectivity index (χ2v) is 14.4. The molecule has 252 valence electrons. The van der Waals surface area contributed by atoms with Gasteiger partial charge in [-0.3, -0.25) is 4.90 Å². The van der Waals surface area contributed by atoms with Crippen molar-refractivity contribution in [3.05, 3.63) is 34.4 Å². The average molecular weight is 700 g/mol. The highest BCUT2D eigenvalue weighted by molar-refractivity contribution is 7.23. The van der Waals surface area contributed by atoms with Crippen LogP contribution in [-0.2, 0) is 4.74 Å². The Morgan fingerprint density at radius 3 is 2.92 bits per heavy atom. The first-order valence-electron chi connectivity index (χ1n) is 16.0. The Morgan fingerprint density at radius 1 is 1.25 bits per heavy atom. The highest BCUT2D eigenvalue weighted by atomic mass is 35.5. The maximum Gasteiger partial charge on any atom is 0.319 e. The number of nitrogens with two attached hydrogens (primary N) is 1. The minimum Gasteiger partial charge on any atom is -0.491 e. The van der Waals surface area contributed by atoms with Crippen molar-refractivity contribution in [3.63, 3.8) is 0 Å². The lowest BCUT2D eigenvalue weighted by Gasteiger charge is -2.36. The van der Waals surface area contributed by atoms with Crippen molar-refractivity contribution in [2.45, 2.75) is 37.0 Å². The summed E-state index contributed by atoms with van der Waals surface area (Å²) in [6.45, 7) is 3.48. The number of anilines is 2. The van der Waals surface area contributed by atoms with E-state index >= 15 is 8.78 Å². The fraction of sp³-hybridized carbons (Fsp3) is 0.485. The Hall–Kier alpha value is -3.61. The molecule has 4 aliphatic heterocycles. The minimum absolute atomic E-state index is 0.0309. The zero-order valence-corrected chi connectivity index (χ0v) is 27.7. The smallest absolute Gasteiger partial charge is 0.319 e. The molecule has 4 atom stereocenters. The van der Waals surface area contributed by atoms with Crippen molar-refractivity contribution in [2.24, 2.45) is 5.92 Å². The van der Waals surface area contributed by atoms with Crippen LogP contribution in [0.1, 0.15) is 24.8 Å². The number of thiophene rings is 1. The maximum atomic E-state index is 17.3. The quantitative estimate of drug-likeness (QED) is 0.263. The Kier molecular flexibility index (Phi) is 7.95. The third-order valence-electron chi connectivity index (χ3n) is 10.3. The van der Waals surface area contributed by atoms with E-state index in [-0.39, 0.29) is 84.6 Å². The fourth-order valence-electron chi connectivity index (χ4n) is 7.98. The van der Waals surface area contributed by atoms with Crippen molar-refractivity contribution in [1.29, 1.82) is 5.26 Å². The van der Waals surface area contributed by atoms with Gasteiger partial charge in [0.15, 0.2) is 11.6 Å². The number of fused-ring (bicyclic) bond motifs is 3. The van der Waals surface area contributed by atoms with Gasteiger partial charge in [0.2, 0.25) is 0 Å². The molecule has 6 heterocycles. The molecule has 0 saturated carbocycles. The SMILES string of the molecule is CNCCN1c2nc(OC[C@@]34CCCN3C[C@H](F)C4)nc3c(F)c(-c4ccc(F)c5sc(N)c(C#N)c45)c(Cl)c(c23)OCC2COCC21. The first-order chi connectivity index (χ1) is 23.2. The van der Waals surface area contributed by atoms with Crippen LogP contribution in [0.2, 0.25) is 5.02 Å². The molecule has 0 amide bonds. The molecule has 10 nitrogen and oxygen atoms in total. The lowest BCUT2D eigenvalue weighted by Crippen LogP contribution is -2.46. The predicted molar refractivity (Wildman–Crippen MR) is 178 cm³/mol. The number of nitriles is 1. The van der Waals surface area contributed by atoms with Gasteiger partial charge in [-0.2, -0.15) is 15.2 Å². The molecule has 3 N–H and O–H groups in total. The van der Waals surface area contributed by atoms with Crippen LogP contribution in [0.4, 0.5) is 24.0 Å². The van der Waals surface area contributed by atoms with Crippen LogP contribution in [0.15, 0.2) is 12.1 Å². The van der Waals surface area contributed by atoms with Gasteiger partial charge in [-0.05, 0) is 38.1 Å². The summed E-state index contributed by atoms with van der Waals surface area (Å²) in [6, 6.07) is 4.43. The van der Waals surface area contributed by atoms with Gasteiger partial charge in [-0.15, -0.1) is 11.3 Å². The van der Waals surface area contributed by atoms with E-state index in [2.05, 4.69) is 20.1 Å². The summed E-state index contributed by atoms with van der Waals surface area (Å²) < 4.78 is 65.6. The Balaban J connectivity index is 1.37. The summed E-state index contributed by atoms with van der Waals surface area (Å²) in [7, 11) is 1.85. The molecular formula is C33H33ClF3N7O3S. The van der Waals surface area contributed by atoms with Crippen LogP contribution >= 0.6 is 22.9 Å². The van der Waals surface area contributed by atoms with Crippen LogP contribution in [0, 0.1) is 28.9 Å². The second kappa shape index (κ2) is 12.1. The normalized spacial score (nSPS) is 25.2. The number of nitrogen functional groups attached to an aromatic ring is 1. The summed E-state index contributed by atoms with van der Waals surface area (Å²) in [4.78, 5) is 13.7. The first-order valence-corrected chi connectivity index (χ1v) is 17.2. The van der Waals surface area contributed by atoms with E-state index in [4.69, 9.17) is 36.5 Å². The van der Waals surface area contributed by atoms with E-state index < -0.39 is 23.3 Å². The van der Waals surface area contributed by atoms with Gasteiger partial charge in [0, 0.05) is 42.9 Å². The molecule has 3 fully saturated rings. The largest absolute Gasteiger partial charge is 0.491 e. The number of halogens is 4. The van der Waals surface area contributed by atoms with E-state index in [1.54, 1.807) is 0 Å². The number of rotatable bonds is 7. The third-order valence-corrected chi connectivity index (χ3v) is 11.6. The predicted octanol–water partition coefficient (Wildman–Crippen LogP) is 5.29. The van der Waals surface area contributed by atoms with Crippen LogP contribution in [-0.4, -0.2) is 92.3 Å². The summed E-state index contributed by atoms with van der Waals surface area (Å²) in [5.41, 5.74) is 5.63. The number of ether oxygens (including phenoxy) is 3. The average Bonchev–Trinajstić information content (AvgIpc) is 3.83. The molecule has 2 unspecified atom stereocenters. The molecule has 4 aromatic rings. The third kappa shape index (κ3) is 4.85. The second-order valence-electron chi connectivity index (χ2n) is 13.0. The van der Waals surface area contributed by atoms with Gasteiger partial charge >= 0.3 is 6.01 Å². The number of hydrogen-bond donors (Lipinski definition) is 2. The van der Waals surface area contributed by atoms with Crippen molar-refractivity contribution in [2.75, 3.05) is 70.3 Å². The van der Waals surface area contributed by atoms with Gasteiger partial charge in [0.05, 0.1) is 52.1 Å². The van der Waals surface area contributed by atoms with E-state index in [1.165, 1.54) is 12.1 Å². The monoisotopic (exact) mass is 699 g/mol. The number of aromatic nitrogens is 2. The van der Waals surface area contributed by atoms with Gasteiger partial charge in [0.25, 0.3) is 0 Å². The van der Waals surface area contributed by atoms with Crippen LogP contribution in [0.25, 0.3) is 32.1 Å². The number of likely N-dealkylation sites (N-methyl/N-ethyl adjacent to an activating group) is 1. The van der Waals surface area contributed by atoms with Crippen molar-refractivity contribution >= 4 is 54.7 Å². The van der Waals surface area contributed by atoms with E-state index in [0.717, 1.165) is 30.7 Å². The minimum atomic E-state index is -0.949. The van der Waals surface area contributed by atoms with Gasteiger partial charge in [-0.1, -0.05) is 17.7 Å². The molecule has 8 rings (SSSR count). The van der Waals surface area contributed by atoms with Crippen molar-refractivity contribution in [1.82, 2.24) is 20.2 Å². The molecule has 4 aliphatic rings. The molecule has 0 bridgehead atoms. The lowest BCUT2D eigenvalue weighted by atomic mass is 9.95. The topological polar surface area (TPSA) is 122 Å². The summed E-state index contributed by atoms with van der Waals surface area (Å²) >= 11 is 8.01. The van der Waals surface area contributed by atoms with Gasteiger partial charge in [0.1, 0.15) is 41.0 Å². The Morgan fingerprint density at radius 2 is 2.10 bits per heavy atom. The molecule has 48 heavy (non-hydrogen) atoms. The summed E-state index contributed by atoms with van der Waals surface area (Å²) in [5.74, 6) is -0.911. The molecule has 0 radical (unpaired) electrons. The molecule has 2 aromatic carbocycles. The molecular weight excluding hydrogens is 667 g/mol. The molecule has 0 spiro atoms. The van der Waals surface area contributed by atoms with Crippen molar-refractivity contribution in [3.8, 4) is 29.0 Å². The first kappa shape index (κ1) is 31.6. The fourth-order valence-corrected chi connectivity index (χ4v) is 9.26. The Bertz CT molecular complexity index is 1990. The van der Waals surface area contributed by atoms with Crippen LogP contribution in [0.5, 0.6) is 11.8 Å². The van der Waals surface area contributed by atoms with Crippen LogP contribution in [0.3, 0.4) is 0 Å². The summed E-state index contributed by atoms with van der Waals surface area (Å²) in [6.07, 6.45) is 1.11. The number of nitrogens with zero attached hydrogens (tertiary/aromatic N) is 5. The number of benzene rings is 2. The number of nitrogens with one attached hydrogen (secondary N) is 1. The zero-order chi connectivity index (χ0) is 33.3. The number of hydrogen-bond acceptors (Lipinski definition) is 11. The van der Waals surface area contributed by atoms with E-state index in [0.29, 0.717) is 45.1 Å². The molecule has 3 saturated heterocycles. The van der Waals surface area contributed by atoms with Gasteiger partial charge < -0.3 is 30.2 Å². The highest BCUT2D eigenvalue weighted by Gasteiger charge is 2.49. The van der Waals surface area contributed by atoms with Crippen LogP contribution < -0.4 is 25.4 Å². The maximum absolute atomic E-state index is 17.3. The van der Waals surface area contributed by atoms with E-state index in [1.807, 2.05) is 13.1 Å². The van der Waals surface area contributed by atoms with E-state index in [9.17, 15) is 9.65 Å². The highest BCUT2D eigenvalue weighted by Crippen LogP contribution is 2.51. The number of alkyl halides is 1. The summed E-state index contributed by atoms with van der Waals surface area (Å²) in [5, 5.41) is 13.6. The zero-order valence-electron chi connectivity index (χ0n) is 26.1.